The molecule has 0 spiro atoms. The molecule has 0 aliphatic rings. The van der Waals surface area contributed by atoms with Gasteiger partial charge in [-0.3, -0.25) is 9.59 Å². The van der Waals surface area contributed by atoms with Crippen LogP contribution in [-0.4, -0.2) is 17.4 Å². The van der Waals surface area contributed by atoms with Gasteiger partial charge in [-0.15, -0.1) is 0 Å². The Kier molecular flexibility index (Phi) is 5.80. The van der Waals surface area contributed by atoms with E-state index in [2.05, 4.69) is 17.2 Å². The molecule has 0 radical (unpaired) electrons. The highest BCUT2D eigenvalue weighted by Gasteiger charge is 2.13. The first-order chi connectivity index (χ1) is 8.99. The van der Waals surface area contributed by atoms with Gasteiger partial charge in [-0.2, -0.15) is 0 Å². The van der Waals surface area contributed by atoms with Crippen molar-refractivity contribution in [1.82, 2.24) is 10.3 Å². The summed E-state index contributed by atoms with van der Waals surface area (Å²) in [6.07, 6.45) is 2.65. The van der Waals surface area contributed by atoms with Crippen molar-refractivity contribution in [3.8, 4) is 0 Å². The molecule has 1 aromatic rings. The number of aryl methyl sites for hydroxylation is 2. The van der Waals surface area contributed by atoms with E-state index in [-0.39, 0.29) is 17.0 Å². The van der Waals surface area contributed by atoms with Crippen molar-refractivity contribution in [2.24, 2.45) is 5.92 Å². The largest absolute Gasteiger partial charge is 0.352 e. The zero-order valence-corrected chi connectivity index (χ0v) is 12.3. The van der Waals surface area contributed by atoms with E-state index in [1.807, 2.05) is 20.8 Å². The minimum absolute atomic E-state index is 0.223. The molecule has 1 rings (SSSR count). The summed E-state index contributed by atoms with van der Waals surface area (Å²) in [6.45, 7) is 8.71. The van der Waals surface area contributed by atoms with Crippen LogP contribution in [0.15, 0.2) is 10.9 Å². The fraction of sp³-hybridized carbons (Fsp3) is 0.600. The summed E-state index contributed by atoms with van der Waals surface area (Å²) in [5.74, 6) is 0.0861. The van der Waals surface area contributed by atoms with Crippen molar-refractivity contribution < 1.29 is 4.79 Å². The molecule has 0 saturated carbocycles. The van der Waals surface area contributed by atoms with Crippen LogP contribution < -0.4 is 10.9 Å². The Hall–Kier alpha value is -1.58. The number of hydrogen-bond donors (Lipinski definition) is 2. The lowest BCUT2D eigenvalue weighted by molar-refractivity contribution is 0.0947. The summed E-state index contributed by atoms with van der Waals surface area (Å²) in [5, 5.41) is 2.79. The Balaban J connectivity index is 3.03. The molecule has 1 aromatic heterocycles. The summed E-state index contributed by atoms with van der Waals surface area (Å²) in [6, 6.07) is 1.75. The molecule has 0 saturated heterocycles. The van der Waals surface area contributed by atoms with Gasteiger partial charge >= 0.3 is 0 Å². The summed E-state index contributed by atoms with van der Waals surface area (Å²) < 4.78 is 0. The molecule has 0 unspecified atom stereocenters. The average molecular weight is 264 g/mol. The summed E-state index contributed by atoms with van der Waals surface area (Å²) in [4.78, 5) is 26.8. The van der Waals surface area contributed by atoms with Crippen LogP contribution >= 0.6 is 0 Å². The smallest absolute Gasteiger partial charge is 0.261 e. The Labute approximate surface area is 114 Å². The Morgan fingerprint density at radius 1 is 1.37 bits per heavy atom. The third kappa shape index (κ3) is 4.23. The van der Waals surface area contributed by atoms with E-state index in [0.717, 1.165) is 30.5 Å². The maximum absolute atomic E-state index is 12.0. The van der Waals surface area contributed by atoms with Gasteiger partial charge in [-0.05, 0) is 30.4 Å². The number of pyridine rings is 1. The van der Waals surface area contributed by atoms with Gasteiger partial charge in [-0.1, -0.05) is 34.1 Å². The predicted molar refractivity (Wildman–Crippen MR) is 77.6 cm³/mol. The molecule has 0 atom stereocenters. The van der Waals surface area contributed by atoms with Crippen LogP contribution in [0.25, 0.3) is 0 Å². The number of aromatic amines is 1. The Bertz CT molecular complexity index is 489. The van der Waals surface area contributed by atoms with E-state index in [0.29, 0.717) is 12.5 Å². The number of hydrogen-bond acceptors (Lipinski definition) is 2. The standard InChI is InChI=1S/C15H24N2O2/c1-5-7-11-8-12(14(18)16-9-10(3)4)15(19)17-13(11)6-2/h8,10H,5-7,9H2,1-4H3,(H,16,18)(H,17,19). The van der Waals surface area contributed by atoms with Gasteiger partial charge in [0.05, 0.1) is 0 Å². The molecule has 19 heavy (non-hydrogen) atoms. The van der Waals surface area contributed by atoms with Crippen LogP contribution in [-0.2, 0) is 12.8 Å². The number of carbonyl (C=O) groups is 1. The van der Waals surface area contributed by atoms with Crippen LogP contribution in [0.3, 0.4) is 0 Å². The van der Waals surface area contributed by atoms with E-state index in [1.54, 1.807) is 6.07 Å². The molecule has 1 heterocycles. The molecule has 106 valence electrons. The maximum atomic E-state index is 12.0. The second-order valence-corrected chi connectivity index (χ2v) is 5.22. The van der Waals surface area contributed by atoms with Crippen molar-refractivity contribution in [3.63, 3.8) is 0 Å². The fourth-order valence-corrected chi connectivity index (χ4v) is 1.98. The quantitative estimate of drug-likeness (QED) is 0.828. The average Bonchev–Trinajstić information content (AvgIpc) is 2.37. The van der Waals surface area contributed by atoms with Gasteiger partial charge < -0.3 is 10.3 Å². The lowest BCUT2D eigenvalue weighted by Crippen LogP contribution is -2.32. The van der Waals surface area contributed by atoms with Crippen molar-refractivity contribution in [2.75, 3.05) is 6.54 Å². The molecule has 0 aliphatic carbocycles. The molecule has 4 heteroatoms. The van der Waals surface area contributed by atoms with E-state index < -0.39 is 0 Å². The number of rotatable bonds is 6. The van der Waals surface area contributed by atoms with E-state index >= 15 is 0 Å². The molecule has 1 amide bonds. The normalized spacial score (nSPS) is 10.8. The predicted octanol–water partition coefficient (Wildman–Crippen LogP) is 2.28. The maximum Gasteiger partial charge on any atom is 0.261 e. The van der Waals surface area contributed by atoms with Gasteiger partial charge in [0.1, 0.15) is 5.56 Å². The van der Waals surface area contributed by atoms with Crippen molar-refractivity contribution in [3.05, 3.63) is 33.2 Å². The third-order valence-electron chi connectivity index (χ3n) is 3.00. The lowest BCUT2D eigenvalue weighted by Gasteiger charge is -2.11. The highest BCUT2D eigenvalue weighted by Crippen LogP contribution is 2.09. The Morgan fingerprint density at radius 2 is 2.05 bits per heavy atom. The van der Waals surface area contributed by atoms with Crippen LogP contribution in [0.5, 0.6) is 0 Å². The Morgan fingerprint density at radius 3 is 2.58 bits per heavy atom. The van der Waals surface area contributed by atoms with Gasteiger partial charge in [0.15, 0.2) is 0 Å². The first kappa shape index (κ1) is 15.5. The van der Waals surface area contributed by atoms with Crippen LogP contribution in [0.2, 0.25) is 0 Å². The summed E-state index contributed by atoms with van der Waals surface area (Å²) in [7, 11) is 0. The van der Waals surface area contributed by atoms with Gasteiger partial charge in [0, 0.05) is 12.2 Å². The van der Waals surface area contributed by atoms with Crippen molar-refractivity contribution in [2.45, 2.75) is 47.0 Å². The molecule has 4 nitrogen and oxygen atoms in total. The first-order valence-corrected chi connectivity index (χ1v) is 7.02. The number of amides is 1. The topological polar surface area (TPSA) is 62.0 Å². The number of nitrogens with one attached hydrogen (secondary N) is 2. The van der Waals surface area contributed by atoms with Gasteiger partial charge in [-0.25, -0.2) is 0 Å². The van der Waals surface area contributed by atoms with Crippen LogP contribution in [0.1, 0.15) is 55.7 Å². The molecular formula is C15H24N2O2. The van der Waals surface area contributed by atoms with Gasteiger partial charge in [0.2, 0.25) is 0 Å². The molecule has 0 aliphatic heterocycles. The van der Waals surface area contributed by atoms with E-state index in [9.17, 15) is 9.59 Å². The fourth-order valence-electron chi connectivity index (χ4n) is 1.98. The zero-order chi connectivity index (χ0) is 14.4. The summed E-state index contributed by atoms with van der Waals surface area (Å²) in [5.41, 5.74) is 1.94. The number of H-pyrrole nitrogens is 1. The number of carbonyl (C=O) groups excluding carboxylic acids is 1. The molecular weight excluding hydrogens is 240 g/mol. The molecule has 0 bridgehead atoms. The summed E-state index contributed by atoms with van der Waals surface area (Å²) >= 11 is 0. The molecule has 0 fully saturated rings. The van der Waals surface area contributed by atoms with E-state index in [4.69, 9.17) is 0 Å². The first-order valence-electron chi connectivity index (χ1n) is 7.02. The van der Waals surface area contributed by atoms with Crippen LogP contribution in [0.4, 0.5) is 0 Å². The molecule has 2 N–H and O–H groups in total. The molecule has 0 aromatic carbocycles. The highest BCUT2D eigenvalue weighted by molar-refractivity contribution is 5.94. The second kappa shape index (κ2) is 7.12. The zero-order valence-electron chi connectivity index (χ0n) is 12.3. The number of aromatic nitrogens is 1. The van der Waals surface area contributed by atoms with Gasteiger partial charge in [0.25, 0.3) is 11.5 Å². The third-order valence-corrected chi connectivity index (χ3v) is 3.00. The minimum Gasteiger partial charge on any atom is -0.352 e. The monoisotopic (exact) mass is 264 g/mol. The van der Waals surface area contributed by atoms with Crippen molar-refractivity contribution in [1.29, 1.82) is 0 Å². The lowest BCUT2D eigenvalue weighted by atomic mass is 10.0. The van der Waals surface area contributed by atoms with E-state index in [1.165, 1.54) is 0 Å². The van der Waals surface area contributed by atoms with Crippen LogP contribution in [0, 0.1) is 5.92 Å². The SMILES string of the molecule is CCCc1cc(C(=O)NCC(C)C)c(=O)[nH]c1CC. The second-order valence-electron chi connectivity index (χ2n) is 5.22. The highest BCUT2D eigenvalue weighted by atomic mass is 16.2. The van der Waals surface area contributed by atoms with Crippen molar-refractivity contribution >= 4 is 5.91 Å². The minimum atomic E-state index is -0.294.